The standard InChI is InChI=1S/C16H14F3N3O/c1-16(4-6-23-15(20)22-16)11-7-10(12(17)8-13(11)18)9-3-2-5-21-14(9)19/h2-3,5,7-8H,4,6H2,1H3,(H2,20,22)/t16-/m0/s1. The first kappa shape index (κ1) is 15.3. The minimum absolute atomic E-state index is 0.0427. The van der Waals surface area contributed by atoms with Crippen molar-refractivity contribution in [2.45, 2.75) is 18.9 Å². The maximum absolute atomic E-state index is 14.3. The van der Waals surface area contributed by atoms with Gasteiger partial charge in [0, 0.05) is 35.4 Å². The van der Waals surface area contributed by atoms with E-state index in [1.54, 1.807) is 6.92 Å². The van der Waals surface area contributed by atoms with Crippen molar-refractivity contribution >= 4 is 6.02 Å². The van der Waals surface area contributed by atoms with E-state index in [1.807, 2.05) is 0 Å². The Morgan fingerprint density at radius 3 is 2.65 bits per heavy atom. The van der Waals surface area contributed by atoms with E-state index in [1.165, 1.54) is 24.4 Å². The summed E-state index contributed by atoms with van der Waals surface area (Å²) in [5, 5.41) is 0. The molecule has 7 heteroatoms. The molecule has 2 heterocycles. The lowest BCUT2D eigenvalue weighted by Crippen LogP contribution is -2.34. The van der Waals surface area contributed by atoms with Crippen LogP contribution in [0.3, 0.4) is 0 Å². The van der Waals surface area contributed by atoms with Crippen molar-refractivity contribution in [1.82, 2.24) is 4.98 Å². The summed E-state index contributed by atoms with van der Waals surface area (Å²) in [6.45, 7) is 1.93. The smallest absolute Gasteiger partial charge is 0.282 e. The van der Waals surface area contributed by atoms with Crippen molar-refractivity contribution in [3.8, 4) is 11.1 Å². The highest BCUT2D eigenvalue weighted by atomic mass is 19.1. The average molecular weight is 321 g/mol. The fraction of sp³-hybridized carbons (Fsp3) is 0.250. The van der Waals surface area contributed by atoms with Gasteiger partial charge in [0.25, 0.3) is 6.02 Å². The van der Waals surface area contributed by atoms with Gasteiger partial charge in [0.1, 0.15) is 11.6 Å². The number of aliphatic imine (C=N–C) groups is 1. The molecule has 0 aliphatic carbocycles. The van der Waals surface area contributed by atoms with E-state index >= 15 is 0 Å². The largest absolute Gasteiger partial charge is 0.465 e. The second-order valence-electron chi connectivity index (χ2n) is 5.48. The van der Waals surface area contributed by atoms with Gasteiger partial charge in [-0.25, -0.2) is 18.8 Å². The van der Waals surface area contributed by atoms with Crippen LogP contribution in [0.1, 0.15) is 18.9 Å². The van der Waals surface area contributed by atoms with Gasteiger partial charge in [-0.05, 0) is 25.1 Å². The molecule has 0 bridgehead atoms. The highest BCUT2D eigenvalue weighted by Crippen LogP contribution is 2.37. The van der Waals surface area contributed by atoms with Gasteiger partial charge >= 0.3 is 0 Å². The first-order valence-electron chi connectivity index (χ1n) is 6.99. The van der Waals surface area contributed by atoms with Gasteiger partial charge in [-0.15, -0.1) is 0 Å². The summed E-state index contributed by atoms with van der Waals surface area (Å²) in [5.74, 6) is -2.47. The first-order valence-corrected chi connectivity index (χ1v) is 6.99. The molecule has 1 aliphatic heterocycles. The van der Waals surface area contributed by atoms with Crippen molar-refractivity contribution in [3.05, 3.63) is 53.6 Å². The summed E-state index contributed by atoms with van der Waals surface area (Å²) >= 11 is 0. The van der Waals surface area contributed by atoms with Crippen LogP contribution in [0.2, 0.25) is 0 Å². The number of nitrogens with two attached hydrogens (primary N) is 1. The summed E-state index contributed by atoms with van der Waals surface area (Å²) in [5.41, 5.74) is 4.57. The van der Waals surface area contributed by atoms with Crippen LogP contribution in [0.25, 0.3) is 11.1 Å². The number of rotatable bonds is 2. The lowest BCUT2D eigenvalue weighted by Gasteiger charge is -2.30. The molecule has 1 atom stereocenters. The number of aromatic nitrogens is 1. The summed E-state index contributed by atoms with van der Waals surface area (Å²) < 4.78 is 47.4. The zero-order valence-corrected chi connectivity index (χ0v) is 12.3. The third-order valence-corrected chi connectivity index (χ3v) is 3.88. The molecule has 1 aromatic carbocycles. The van der Waals surface area contributed by atoms with Crippen LogP contribution < -0.4 is 5.73 Å². The lowest BCUT2D eigenvalue weighted by molar-refractivity contribution is 0.215. The molecule has 0 radical (unpaired) electrons. The summed E-state index contributed by atoms with van der Waals surface area (Å²) in [6, 6.07) is 4.78. The van der Waals surface area contributed by atoms with Crippen LogP contribution >= 0.6 is 0 Å². The fourth-order valence-electron chi connectivity index (χ4n) is 2.64. The number of ether oxygens (including phenoxy) is 1. The van der Waals surface area contributed by atoms with Crippen LogP contribution in [-0.4, -0.2) is 17.6 Å². The highest BCUT2D eigenvalue weighted by Gasteiger charge is 2.34. The molecule has 2 aromatic rings. The third kappa shape index (κ3) is 2.74. The molecule has 3 rings (SSSR count). The van der Waals surface area contributed by atoms with Crippen molar-refractivity contribution in [2.75, 3.05) is 6.61 Å². The molecule has 1 aromatic heterocycles. The van der Waals surface area contributed by atoms with E-state index < -0.39 is 23.1 Å². The van der Waals surface area contributed by atoms with Gasteiger partial charge in [0.05, 0.1) is 12.1 Å². The monoisotopic (exact) mass is 321 g/mol. The molecule has 23 heavy (non-hydrogen) atoms. The van der Waals surface area contributed by atoms with Crippen LogP contribution in [0, 0.1) is 17.6 Å². The zero-order chi connectivity index (χ0) is 16.6. The van der Waals surface area contributed by atoms with Crippen LogP contribution in [0.15, 0.2) is 35.5 Å². The molecule has 2 N–H and O–H groups in total. The Kier molecular flexibility index (Phi) is 3.71. The molecule has 1 aliphatic rings. The number of hydrogen-bond acceptors (Lipinski definition) is 4. The predicted octanol–water partition coefficient (Wildman–Crippen LogP) is 3.12. The highest BCUT2D eigenvalue weighted by molar-refractivity contribution is 5.73. The predicted molar refractivity (Wildman–Crippen MR) is 79.1 cm³/mol. The molecule has 0 saturated carbocycles. The Morgan fingerprint density at radius 2 is 1.96 bits per heavy atom. The van der Waals surface area contributed by atoms with E-state index in [-0.39, 0.29) is 29.3 Å². The Morgan fingerprint density at radius 1 is 1.17 bits per heavy atom. The number of hydrogen-bond donors (Lipinski definition) is 1. The second-order valence-corrected chi connectivity index (χ2v) is 5.48. The maximum Gasteiger partial charge on any atom is 0.282 e. The zero-order valence-electron chi connectivity index (χ0n) is 12.3. The Hall–Kier alpha value is -2.57. The number of halogens is 3. The molecular weight excluding hydrogens is 307 g/mol. The Labute approximate surface area is 130 Å². The first-order chi connectivity index (χ1) is 10.9. The Bertz CT molecular complexity index is 794. The number of nitrogens with zero attached hydrogens (tertiary/aromatic N) is 2. The number of benzene rings is 1. The summed E-state index contributed by atoms with van der Waals surface area (Å²) in [7, 11) is 0. The minimum Gasteiger partial charge on any atom is -0.465 e. The number of amidine groups is 1. The van der Waals surface area contributed by atoms with E-state index in [4.69, 9.17) is 10.5 Å². The molecular formula is C16H14F3N3O. The summed E-state index contributed by atoms with van der Waals surface area (Å²) in [4.78, 5) is 7.63. The van der Waals surface area contributed by atoms with E-state index in [0.29, 0.717) is 6.42 Å². The normalized spacial score (nSPS) is 20.8. The van der Waals surface area contributed by atoms with Crippen LogP contribution in [-0.2, 0) is 10.3 Å². The quantitative estimate of drug-likeness (QED) is 0.865. The second kappa shape index (κ2) is 5.57. The van der Waals surface area contributed by atoms with Crippen molar-refractivity contribution in [2.24, 2.45) is 10.7 Å². The van der Waals surface area contributed by atoms with Gasteiger partial charge < -0.3 is 10.5 Å². The van der Waals surface area contributed by atoms with E-state index in [9.17, 15) is 13.2 Å². The molecule has 0 unspecified atom stereocenters. The van der Waals surface area contributed by atoms with Gasteiger partial charge in [0.2, 0.25) is 5.95 Å². The van der Waals surface area contributed by atoms with E-state index in [0.717, 1.165) is 6.07 Å². The molecule has 120 valence electrons. The average Bonchev–Trinajstić information content (AvgIpc) is 2.48. The summed E-state index contributed by atoms with van der Waals surface area (Å²) in [6.07, 6.45) is 1.62. The molecule has 0 saturated heterocycles. The topological polar surface area (TPSA) is 60.5 Å². The van der Waals surface area contributed by atoms with Crippen LogP contribution in [0.4, 0.5) is 13.2 Å². The van der Waals surface area contributed by atoms with Gasteiger partial charge in [0.15, 0.2) is 0 Å². The minimum atomic E-state index is -1.01. The van der Waals surface area contributed by atoms with E-state index in [2.05, 4.69) is 9.98 Å². The van der Waals surface area contributed by atoms with Gasteiger partial charge in [-0.3, -0.25) is 0 Å². The van der Waals surface area contributed by atoms with Crippen molar-refractivity contribution < 1.29 is 17.9 Å². The lowest BCUT2D eigenvalue weighted by atomic mass is 9.86. The molecule has 0 fully saturated rings. The maximum atomic E-state index is 14.3. The molecule has 0 amide bonds. The van der Waals surface area contributed by atoms with Gasteiger partial charge in [-0.1, -0.05) is 0 Å². The number of pyridine rings is 1. The fourth-order valence-corrected chi connectivity index (χ4v) is 2.64. The SMILES string of the molecule is C[C@@]1(c2cc(-c3cccnc3F)c(F)cc2F)CCOC(N)=N1. The van der Waals surface area contributed by atoms with Crippen molar-refractivity contribution in [3.63, 3.8) is 0 Å². The third-order valence-electron chi connectivity index (χ3n) is 3.88. The molecule has 4 nitrogen and oxygen atoms in total. The molecule has 0 spiro atoms. The van der Waals surface area contributed by atoms with Crippen LogP contribution in [0.5, 0.6) is 0 Å². The Balaban J connectivity index is 2.19. The van der Waals surface area contributed by atoms with Gasteiger partial charge in [-0.2, -0.15) is 4.39 Å². The van der Waals surface area contributed by atoms with Crippen molar-refractivity contribution in [1.29, 1.82) is 0 Å².